The highest BCUT2D eigenvalue weighted by molar-refractivity contribution is 5.94. The van der Waals surface area contributed by atoms with Gasteiger partial charge in [0.15, 0.2) is 0 Å². The molecule has 0 aliphatic carbocycles. The maximum absolute atomic E-state index is 12.0. The molecule has 0 heterocycles. The lowest BCUT2D eigenvalue weighted by Crippen LogP contribution is -2.48. The summed E-state index contributed by atoms with van der Waals surface area (Å²) in [6.07, 6.45) is 0.780. The molecule has 1 rings (SSSR count). The third-order valence-electron chi connectivity index (χ3n) is 2.66. The molecule has 0 bridgehead atoms. The number of hydrogen-bond acceptors (Lipinski definition) is 2. The monoisotopic (exact) mass is 235 g/mol. The van der Waals surface area contributed by atoms with Crippen LogP contribution in [0.2, 0.25) is 0 Å². The van der Waals surface area contributed by atoms with Crippen molar-refractivity contribution in [3.8, 4) is 0 Å². The number of carbonyl (C=O) groups excluding carboxylic acids is 1. The average molecular weight is 235 g/mol. The van der Waals surface area contributed by atoms with Gasteiger partial charge in [-0.05, 0) is 31.4 Å². The lowest BCUT2D eigenvalue weighted by Gasteiger charge is -2.31. The third kappa shape index (κ3) is 4.19. The molecule has 0 fully saturated rings. The number of ether oxygens (including phenoxy) is 1. The van der Waals surface area contributed by atoms with Crippen molar-refractivity contribution in [2.75, 3.05) is 7.11 Å². The quantitative estimate of drug-likeness (QED) is 0.797. The molecule has 0 aliphatic rings. The van der Waals surface area contributed by atoms with Crippen molar-refractivity contribution in [1.29, 1.82) is 0 Å². The van der Waals surface area contributed by atoms with Crippen LogP contribution < -0.4 is 5.32 Å². The Morgan fingerprint density at radius 3 is 2.41 bits per heavy atom. The summed E-state index contributed by atoms with van der Waals surface area (Å²) in [6, 6.07) is 9.17. The molecular weight excluding hydrogens is 214 g/mol. The summed E-state index contributed by atoms with van der Waals surface area (Å²) in [6.45, 7) is 6.10. The minimum absolute atomic E-state index is 0.101. The Morgan fingerprint density at radius 2 is 1.94 bits per heavy atom. The molecule has 1 aromatic carbocycles. The van der Waals surface area contributed by atoms with Gasteiger partial charge < -0.3 is 10.1 Å². The van der Waals surface area contributed by atoms with Gasteiger partial charge in [-0.3, -0.25) is 4.79 Å². The zero-order valence-electron chi connectivity index (χ0n) is 11.0. The standard InChI is InChI=1S/C14H21NO2/c1-11(2)10-14(3,17-4)15-13(16)12-8-6-5-7-9-12/h5-9,11H,10H2,1-4H3,(H,15,16). The number of rotatable bonds is 5. The summed E-state index contributed by atoms with van der Waals surface area (Å²) < 4.78 is 5.41. The normalized spacial score (nSPS) is 14.4. The zero-order valence-corrected chi connectivity index (χ0v) is 11.0. The minimum atomic E-state index is -0.610. The van der Waals surface area contributed by atoms with Gasteiger partial charge in [-0.2, -0.15) is 0 Å². The van der Waals surface area contributed by atoms with Crippen LogP contribution in [0.15, 0.2) is 30.3 Å². The van der Waals surface area contributed by atoms with E-state index in [1.165, 1.54) is 0 Å². The Hall–Kier alpha value is -1.35. The van der Waals surface area contributed by atoms with E-state index in [2.05, 4.69) is 19.2 Å². The van der Waals surface area contributed by atoms with Crippen LogP contribution in [-0.2, 0) is 4.74 Å². The zero-order chi connectivity index (χ0) is 12.9. The average Bonchev–Trinajstić information content (AvgIpc) is 2.29. The first-order valence-electron chi connectivity index (χ1n) is 5.89. The van der Waals surface area contributed by atoms with Crippen LogP contribution in [0.3, 0.4) is 0 Å². The highest BCUT2D eigenvalue weighted by atomic mass is 16.5. The maximum Gasteiger partial charge on any atom is 0.253 e. The van der Waals surface area contributed by atoms with Crippen molar-refractivity contribution >= 4 is 5.91 Å². The molecule has 0 saturated heterocycles. The molecule has 0 aromatic heterocycles. The van der Waals surface area contributed by atoms with E-state index in [-0.39, 0.29) is 5.91 Å². The molecule has 3 heteroatoms. The minimum Gasteiger partial charge on any atom is -0.359 e. The fourth-order valence-electron chi connectivity index (χ4n) is 1.87. The Morgan fingerprint density at radius 1 is 1.35 bits per heavy atom. The van der Waals surface area contributed by atoms with Crippen molar-refractivity contribution in [1.82, 2.24) is 5.32 Å². The Labute approximate surface area is 103 Å². The number of hydrogen-bond donors (Lipinski definition) is 1. The highest BCUT2D eigenvalue weighted by Crippen LogP contribution is 2.17. The van der Waals surface area contributed by atoms with Crippen LogP contribution in [0.4, 0.5) is 0 Å². The van der Waals surface area contributed by atoms with Gasteiger partial charge in [0.2, 0.25) is 0 Å². The molecule has 0 spiro atoms. The Balaban J connectivity index is 2.72. The first-order valence-corrected chi connectivity index (χ1v) is 5.89. The first-order chi connectivity index (χ1) is 7.97. The fourth-order valence-corrected chi connectivity index (χ4v) is 1.87. The summed E-state index contributed by atoms with van der Waals surface area (Å²) in [5, 5.41) is 2.93. The van der Waals surface area contributed by atoms with Crippen LogP contribution in [0.5, 0.6) is 0 Å². The molecule has 1 amide bonds. The number of methoxy groups -OCH3 is 1. The van der Waals surface area contributed by atoms with E-state index in [9.17, 15) is 4.79 Å². The lowest BCUT2D eigenvalue weighted by molar-refractivity contribution is -0.0329. The molecule has 1 aromatic rings. The third-order valence-corrected chi connectivity index (χ3v) is 2.66. The highest BCUT2D eigenvalue weighted by Gasteiger charge is 2.27. The van der Waals surface area contributed by atoms with Crippen LogP contribution in [-0.4, -0.2) is 18.7 Å². The predicted octanol–water partition coefficient (Wildman–Crippen LogP) is 2.83. The van der Waals surface area contributed by atoms with Gasteiger partial charge in [-0.25, -0.2) is 0 Å². The summed E-state index contributed by atoms with van der Waals surface area (Å²) >= 11 is 0. The maximum atomic E-state index is 12.0. The van der Waals surface area contributed by atoms with E-state index in [0.29, 0.717) is 11.5 Å². The van der Waals surface area contributed by atoms with Crippen molar-refractivity contribution in [3.63, 3.8) is 0 Å². The topological polar surface area (TPSA) is 38.3 Å². The molecule has 1 unspecified atom stereocenters. The summed E-state index contributed by atoms with van der Waals surface area (Å²) in [5.41, 5.74) is 0.0423. The summed E-state index contributed by atoms with van der Waals surface area (Å²) in [4.78, 5) is 12.0. The molecule has 94 valence electrons. The van der Waals surface area contributed by atoms with Gasteiger partial charge in [0.25, 0.3) is 5.91 Å². The van der Waals surface area contributed by atoms with Gasteiger partial charge in [-0.15, -0.1) is 0 Å². The first kappa shape index (κ1) is 13.7. The van der Waals surface area contributed by atoms with Crippen LogP contribution >= 0.6 is 0 Å². The fraction of sp³-hybridized carbons (Fsp3) is 0.500. The molecule has 0 aliphatic heterocycles. The van der Waals surface area contributed by atoms with E-state index in [1.807, 2.05) is 25.1 Å². The largest absolute Gasteiger partial charge is 0.359 e. The summed E-state index contributed by atoms with van der Waals surface area (Å²) in [7, 11) is 1.62. The molecule has 17 heavy (non-hydrogen) atoms. The number of amides is 1. The second-order valence-corrected chi connectivity index (χ2v) is 4.85. The molecule has 0 radical (unpaired) electrons. The summed E-state index contributed by atoms with van der Waals surface area (Å²) in [5.74, 6) is 0.353. The molecule has 1 atom stereocenters. The van der Waals surface area contributed by atoms with E-state index in [4.69, 9.17) is 4.74 Å². The second-order valence-electron chi connectivity index (χ2n) is 4.85. The van der Waals surface area contributed by atoms with Gasteiger partial charge in [0.1, 0.15) is 5.72 Å². The van der Waals surface area contributed by atoms with Crippen LogP contribution in [0, 0.1) is 5.92 Å². The molecule has 3 nitrogen and oxygen atoms in total. The van der Waals surface area contributed by atoms with E-state index < -0.39 is 5.72 Å². The van der Waals surface area contributed by atoms with Crippen molar-refractivity contribution in [2.45, 2.75) is 32.9 Å². The van der Waals surface area contributed by atoms with Gasteiger partial charge in [0, 0.05) is 12.7 Å². The van der Waals surface area contributed by atoms with Crippen molar-refractivity contribution in [2.24, 2.45) is 5.92 Å². The Kier molecular flexibility index (Phi) is 4.70. The number of benzene rings is 1. The Bertz CT molecular complexity index is 362. The smallest absolute Gasteiger partial charge is 0.253 e. The van der Waals surface area contributed by atoms with E-state index in [1.54, 1.807) is 19.2 Å². The van der Waals surface area contributed by atoms with E-state index in [0.717, 1.165) is 6.42 Å². The van der Waals surface area contributed by atoms with Crippen molar-refractivity contribution in [3.05, 3.63) is 35.9 Å². The van der Waals surface area contributed by atoms with Gasteiger partial charge in [0.05, 0.1) is 0 Å². The van der Waals surface area contributed by atoms with Crippen LogP contribution in [0.1, 0.15) is 37.6 Å². The molecule has 1 N–H and O–H groups in total. The second kappa shape index (κ2) is 5.82. The van der Waals surface area contributed by atoms with Crippen LogP contribution in [0.25, 0.3) is 0 Å². The van der Waals surface area contributed by atoms with Crippen molar-refractivity contribution < 1.29 is 9.53 Å². The number of nitrogens with one attached hydrogen (secondary N) is 1. The predicted molar refractivity (Wildman–Crippen MR) is 68.8 cm³/mol. The molecular formula is C14H21NO2. The lowest BCUT2D eigenvalue weighted by atomic mass is 10.0. The molecule has 0 saturated carbocycles. The van der Waals surface area contributed by atoms with E-state index >= 15 is 0 Å². The number of carbonyl (C=O) groups is 1. The SMILES string of the molecule is COC(C)(CC(C)C)NC(=O)c1ccccc1. The van der Waals surface area contributed by atoms with Gasteiger partial charge in [-0.1, -0.05) is 32.0 Å². The van der Waals surface area contributed by atoms with Gasteiger partial charge >= 0.3 is 0 Å².